The fraction of sp³-hybridized carbons (Fsp3) is 0.400. The van der Waals surface area contributed by atoms with Crippen LogP contribution in [0.3, 0.4) is 0 Å². The van der Waals surface area contributed by atoms with Crippen LogP contribution in [0.25, 0.3) is 11.1 Å². The summed E-state index contributed by atoms with van der Waals surface area (Å²) in [7, 11) is 3.70. The molecule has 3 aromatic rings. The molecule has 1 aliphatic heterocycles. The van der Waals surface area contributed by atoms with Crippen molar-refractivity contribution in [2.45, 2.75) is 37.6 Å². The van der Waals surface area contributed by atoms with Gasteiger partial charge in [-0.15, -0.1) is 5.10 Å². The van der Waals surface area contributed by atoms with Crippen molar-refractivity contribution in [1.29, 1.82) is 5.26 Å². The number of nitrogens with zero attached hydrogens (tertiary/aromatic N) is 8. The monoisotopic (exact) mass is 603 g/mol. The van der Waals surface area contributed by atoms with Crippen molar-refractivity contribution in [3.63, 3.8) is 0 Å². The highest BCUT2D eigenvalue weighted by Gasteiger charge is 2.23. The topological polar surface area (TPSA) is 136 Å². The van der Waals surface area contributed by atoms with E-state index in [1.165, 1.54) is 18.1 Å². The molecule has 1 aliphatic rings. The number of allylic oxidation sites excluding steroid dienone is 2. The number of ether oxygens (including phenoxy) is 3. The maximum absolute atomic E-state index is 9.61. The van der Waals surface area contributed by atoms with E-state index in [1.807, 2.05) is 25.1 Å². The molecule has 226 valence electrons. The van der Waals surface area contributed by atoms with Crippen LogP contribution in [0.2, 0.25) is 0 Å². The van der Waals surface area contributed by atoms with E-state index < -0.39 is 0 Å². The van der Waals surface area contributed by atoms with Gasteiger partial charge >= 0.3 is 0 Å². The second-order valence-electron chi connectivity index (χ2n) is 10.2. The third-order valence-corrected chi connectivity index (χ3v) is 8.11. The molecule has 1 fully saturated rings. The predicted octanol–water partition coefficient (Wildman–Crippen LogP) is 4.49. The fourth-order valence-corrected chi connectivity index (χ4v) is 4.71. The van der Waals surface area contributed by atoms with Crippen LogP contribution in [0.15, 0.2) is 73.2 Å². The number of hydrogen-bond donors (Lipinski definition) is 1. The van der Waals surface area contributed by atoms with Gasteiger partial charge in [-0.3, -0.25) is 4.90 Å². The Bertz CT molecular complexity index is 1450. The molecule has 3 heterocycles. The van der Waals surface area contributed by atoms with Gasteiger partial charge in [-0.05, 0) is 67.1 Å². The second kappa shape index (κ2) is 15.3. The summed E-state index contributed by atoms with van der Waals surface area (Å²) >= 11 is 1.50. The molecule has 1 unspecified atom stereocenters. The van der Waals surface area contributed by atoms with Gasteiger partial charge in [0.1, 0.15) is 29.3 Å². The fourth-order valence-electron chi connectivity index (χ4n) is 4.05. The molecule has 1 saturated heterocycles. The molecule has 1 N–H and O–H groups in total. The maximum atomic E-state index is 9.61. The number of thioether (sulfide) groups is 1. The molecule has 0 spiro atoms. The Labute approximate surface area is 256 Å². The van der Waals surface area contributed by atoms with Gasteiger partial charge in [0.15, 0.2) is 0 Å². The summed E-state index contributed by atoms with van der Waals surface area (Å²) in [6.07, 6.45) is 7.85. The van der Waals surface area contributed by atoms with E-state index in [1.54, 1.807) is 30.3 Å². The number of methoxy groups -OCH3 is 1. The lowest BCUT2D eigenvalue weighted by Gasteiger charge is -2.35. The molecule has 43 heavy (non-hydrogen) atoms. The number of likely N-dealkylation sites (N-methyl/N-ethyl adjacent to an activating group) is 1. The van der Waals surface area contributed by atoms with E-state index in [0.29, 0.717) is 40.6 Å². The molecule has 12 nitrogen and oxygen atoms in total. The Morgan fingerprint density at radius 2 is 2.05 bits per heavy atom. The zero-order chi connectivity index (χ0) is 30.8. The zero-order valence-electron chi connectivity index (χ0n) is 24.9. The van der Waals surface area contributed by atoms with Crippen molar-refractivity contribution in [2.24, 2.45) is 5.92 Å². The molecule has 0 bridgehead atoms. The van der Waals surface area contributed by atoms with Gasteiger partial charge in [-0.1, -0.05) is 43.5 Å². The Morgan fingerprint density at radius 1 is 1.28 bits per heavy atom. The van der Waals surface area contributed by atoms with E-state index in [2.05, 4.69) is 68.9 Å². The van der Waals surface area contributed by atoms with E-state index in [9.17, 15) is 5.26 Å². The Hall–Kier alpha value is -4.25. The SMILES string of the molecule is C=C(OC)/C(=C\C(=C)C(C)CCN(C)C1COC1)Nc1ncc(-c2ccc(C#N)c(O[C@@H](C)SCn3cnnn3)c2)cn1. The lowest BCUT2D eigenvalue weighted by molar-refractivity contribution is -0.0566. The minimum absolute atomic E-state index is 0.246. The molecule has 0 aliphatic carbocycles. The number of aromatic nitrogens is 6. The first kappa shape index (κ1) is 31.7. The van der Waals surface area contributed by atoms with Gasteiger partial charge in [0, 0.05) is 18.0 Å². The van der Waals surface area contributed by atoms with Crippen molar-refractivity contribution >= 4 is 17.7 Å². The average Bonchev–Trinajstić information content (AvgIpc) is 3.51. The highest BCUT2D eigenvalue weighted by molar-refractivity contribution is 7.98. The van der Waals surface area contributed by atoms with Crippen LogP contribution >= 0.6 is 11.8 Å². The normalized spacial score (nSPS) is 14.8. The molecule has 13 heteroatoms. The van der Waals surface area contributed by atoms with Crippen LogP contribution in [-0.2, 0) is 15.4 Å². The third kappa shape index (κ3) is 8.87. The van der Waals surface area contributed by atoms with E-state index in [-0.39, 0.29) is 11.4 Å². The molecule has 1 aromatic carbocycles. The van der Waals surface area contributed by atoms with Crippen molar-refractivity contribution in [1.82, 2.24) is 35.1 Å². The van der Waals surface area contributed by atoms with Gasteiger partial charge in [0.2, 0.25) is 5.95 Å². The molecule has 0 amide bonds. The summed E-state index contributed by atoms with van der Waals surface area (Å²) in [6.45, 7) is 14.9. The van der Waals surface area contributed by atoms with E-state index >= 15 is 0 Å². The van der Waals surface area contributed by atoms with Gasteiger partial charge in [-0.25, -0.2) is 14.6 Å². The number of nitriles is 1. The highest BCUT2D eigenvalue weighted by Crippen LogP contribution is 2.29. The van der Waals surface area contributed by atoms with Crippen LogP contribution in [-0.4, -0.2) is 80.5 Å². The molecule has 2 atom stereocenters. The van der Waals surface area contributed by atoms with Crippen LogP contribution in [0, 0.1) is 17.2 Å². The van der Waals surface area contributed by atoms with Crippen molar-refractivity contribution in [3.05, 3.63) is 78.7 Å². The molecule has 2 aromatic heterocycles. The van der Waals surface area contributed by atoms with Crippen molar-refractivity contribution < 1.29 is 14.2 Å². The summed E-state index contributed by atoms with van der Waals surface area (Å²) in [5.74, 6) is 2.08. The number of anilines is 1. The third-order valence-electron chi connectivity index (χ3n) is 7.13. The van der Waals surface area contributed by atoms with Crippen LogP contribution in [0.1, 0.15) is 25.8 Å². The molecule has 0 radical (unpaired) electrons. The molecular weight excluding hydrogens is 566 g/mol. The summed E-state index contributed by atoms with van der Waals surface area (Å²) in [4.78, 5) is 11.4. The highest BCUT2D eigenvalue weighted by atomic mass is 32.2. The summed E-state index contributed by atoms with van der Waals surface area (Å²) in [5.41, 5.74) is 3.36. The first-order chi connectivity index (χ1) is 20.8. The maximum Gasteiger partial charge on any atom is 0.227 e. The largest absolute Gasteiger partial charge is 0.495 e. The van der Waals surface area contributed by atoms with Gasteiger partial charge in [0.05, 0.1) is 43.5 Å². The number of tetrazole rings is 1. The number of nitrogens with one attached hydrogen (secondary N) is 1. The second-order valence-corrected chi connectivity index (χ2v) is 11.5. The quantitative estimate of drug-likeness (QED) is 0.140. The predicted molar refractivity (Wildman–Crippen MR) is 166 cm³/mol. The van der Waals surface area contributed by atoms with E-state index in [0.717, 1.165) is 42.9 Å². The van der Waals surface area contributed by atoms with Gasteiger partial charge < -0.3 is 19.5 Å². The van der Waals surface area contributed by atoms with Gasteiger partial charge in [0.25, 0.3) is 0 Å². The zero-order valence-corrected chi connectivity index (χ0v) is 25.8. The minimum atomic E-state index is -0.246. The van der Waals surface area contributed by atoms with E-state index in [4.69, 9.17) is 14.2 Å². The summed E-state index contributed by atoms with van der Waals surface area (Å²) < 4.78 is 18.4. The molecular formula is C30H37N9O3S. The van der Waals surface area contributed by atoms with Crippen molar-refractivity contribution in [3.8, 4) is 22.9 Å². The summed E-state index contributed by atoms with van der Waals surface area (Å²) in [6, 6.07) is 8.08. The van der Waals surface area contributed by atoms with Gasteiger partial charge in [-0.2, -0.15) is 5.26 Å². The molecule has 0 saturated carbocycles. The Morgan fingerprint density at radius 3 is 2.67 bits per heavy atom. The standard InChI is InChI=1S/C30H37N9O3S/c1-20(9-10-38(5)27-16-41-17-27)21(2)11-28(22(3)40-6)35-30-32-14-26(15-33-30)24-7-8-25(13-31)29(12-24)42-23(4)43-19-39-18-34-36-37-39/h7-8,11-12,14-15,18,20,23,27H,2-3,9-10,16-17,19H2,1,4-6H3,(H,32,33,35)/b28-11+/t20?,23-/m1/s1. The molecule has 4 rings (SSSR count). The van der Waals surface area contributed by atoms with Crippen LogP contribution in [0.5, 0.6) is 5.75 Å². The first-order valence-corrected chi connectivity index (χ1v) is 14.9. The average molecular weight is 604 g/mol. The lowest BCUT2D eigenvalue weighted by Crippen LogP contribution is -2.47. The minimum Gasteiger partial charge on any atom is -0.495 e. The van der Waals surface area contributed by atoms with Crippen molar-refractivity contribution in [2.75, 3.05) is 39.2 Å². The lowest BCUT2D eigenvalue weighted by atomic mass is 9.97. The van der Waals surface area contributed by atoms with Crippen LogP contribution in [0.4, 0.5) is 5.95 Å². The first-order valence-electron chi connectivity index (χ1n) is 13.8. The smallest absolute Gasteiger partial charge is 0.227 e. The number of rotatable bonds is 16. The Kier molecular flexibility index (Phi) is 11.3. The number of benzene rings is 1. The number of hydrogen-bond acceptors (Lipinski definition) is 12. The Balaban J connectivity index is 1.40. The summed E-state index contributed by atoms with van der Waals surface area (Å²) in [5, 5.41) is 23.9. The van der Waals surface area contributed by atoms with Crippen LogP contribution < -0.4 is 10.1 Å².